The van der Waals surface area contributed by atoms with E-state index in [4.69, 9.17) is 16.3 Å². The number of ether oxygens (including phenoxy) is 1. The minimum Gasteiger partial charge on any atom is -0.483 e. The van der Waals surface area contributed by atoms with Crippen molar-refractivity contribution >= 4 is 39.1 Å². The van der Waals surface area contributed by atoms with Crippen molar-refractivity contribution in [1.82, 2.24) is 0 Å². The van der Waals surface area contributed by atoms with Crippen LogP contribution in [0.2, 0.25) is 5.02 Å². The number of halogens is 2. The Morgan fingerprint density at radius 1 is 1.27 bits per heavy atom. The second-order valence-electron chi connectivity index (χ2n) is 5.16. The standard InChI is InChI=1S/C17H17BrClNO2/c1-11(2)13-5-3-4-6-16(13)22-10-17(21)20-12-7-8-14(18)15(19)9-12/h3-9,11H,10H2,1-2H3,(H,20,21). The third-order valence-electron chi connectivity index (χ3n) is 3.10. The van der Waals surface area contributed by atoms with Crippen LogP contribution in [0, 0.1) is 0 Å². The molecule has 0 aliphatic rings. The highest BCUT2D eigenvalue weighted by Crippen LogP contribution is 2.27. The number of para-hydroxylation sites is 1. The summed E-state index contributed by atoms with van der Waals surface area (Å²) in [5, 5.41) is 3.30. The van der Waals surface area contributed by atoms with Crippen LogP contribution < -0.4 is 10.1 Å². The Hall–Kier alpha value is -1.52. The first-order valence-electron chi connectivity index (χ1n) is 6.94. The summed E-state index contributed by atoms with van der Waals surface area (Å²) in [5.41, 5.74) is 1.72. The molecule has 0 aromatic heterocycles. The van der Waals surface area contributed by atoms with Crippen LogP contribution in [0.25, 0.3) is 0 Å². The average Bonchev–Trinajstić information content (AvgIpc) is 2.49. The fourth-order valence-electron chi connectivity index (χ4n) is 2.00. The highest BCUT2D eigenvalue weighted by Gasteiger charge is 2.10. The molecule has 0 atom stereocenters. The number of carbonyl (C=O) groups is 1. The SMILES string of the molecule is CC(C)c1ccccc1OCC(=O)Nc1ccc(Br)c(Cl)c1. The van der Waals surface area contributed by atoms with E-state index in [-0.39, 0.29) is 12.5 Å². The van der Waals surface area contributed by atoms with Gasteiger partial charge in [-0.15, -0.1) is 0 Å². The number of rotatable bonds is 5. The topological polar surface area (TPSA) is 38.3 Å². The number of nitrogens with one attached hydrogen (secondary N) is 1. The van der Waals surface area contributed by atoms with E-state index in [2.05, 4.69) is 35.1 Å². The Bertz CT molecular complexity index is 673. The minimum atomic E-state index is -0.225. The first-order chi connectivity index (χ1) is 10.5. The van der Waals surface area contributed by atoms with Crippen molar-refractivity contribution in [2.24, 2.45) is 0 Å². The number of amides is 1. The van der Waals surface area contributed by atoms with Crippen LogP contribution >= 0.6 is 27.5 Å². The molecule has 0 spiro atoms. The van der Waals surface area contributed by atoms with Crippen LogP contribution in [0.5, 0.6) is 5.75 Å². The highest BCUT2D eigenvalue weighted by atomic mass is 79.9. The summed E-state index contributed by atoms with van der Waals surface area (Å²) in [6, 6.07) is 13.0. The lowest BCUT2D eigenvalue weighted by Crippen LogP contribution is -2.20. The van der Waals surface area contributed by atoms with Crippen molar-refractivity contribution in [1.29, 1.82) is 0 Å². The Labute approximate surface area is 143 Å². The van der Waals surface area contributed by atoms with Gasteiger partial charge in [-0.3, -0.25) is 4.79 Å². The Morgan fingerprint density at radius 2 is 2.00 bits per heavy atom. The summed E-state index contributed by atoms with van der Waals surface area (Å²) >= 11 is 9.31. The maximum Gasteiger partial charge on any atom is 0.262 e. The molecule has 116 valence electrons. The molecule has 0 saturated carbocycles. The van der Waals surface area contributed by atoms with Crippen molar-refractivity contribution in [2.45, 2.75) is 19.8 Å². The molecule has 1 amide bonds. The minimum absolute atomic E-state index is 0.0442. The summed E-state index contributed by atoms with van der Waals surface area (Å²) < 4.78 is 6.42. The fourth-order valence-corrected chi connectivity index (χ4v) is 2.43. The average molecular weight is 383 g/mol. The molecule has 3 nitrogen and oxygen atoms in total. The van der Waals surface area contributed by atoms with Crippen molar-refractivity contribution in [3.05, 3.63) is 57.5 Å². The fraction of sp³-hybridized carbons (Fsp3) is 0.235. The monoisotopic (exact) mass is 381 g/mol. The van der Waals surface area contributed by atoms with Gasteiger partial charge in [0.25, 0.3) is 5.91 Å². The molecule has 1 N–H and O–H groups in total. The summed E-state index contributed by atoms with van der Waals surface area (Å²) in [4.78, 5) is 12.0. The summed E-state index contributed by atoms with van der Waals surface area (Å²) in [7, 11) is 0. The molecule has 0 saturated heterocycles. The van der Waals surface area contributed by atoms with Crippen molar-refractivity contribution in [2.75, 3.05) is 11.9 Å². The van der Waals surface area contributed by atoms with Gasteiger partial charge < -0.3 is 10.1 Å². The summed E-state index contributed by atoms with van der Waals surface area (Å²) in [6.07, 6.45) is 0. The van der Waals surface area contributed by atoms with Crippen LogP contribution in [-0.4, -0.2) is 12.5 Å². The van der Waals surface area contributed by atoms with E-state index in [0.717, 1.165) is 15.8 Å². The predicted molar refractivity (Wildman–Crippen MR) is 93.8 cm³/mol. The molecule has 0 aliphatic carbocycles. The zero-order valence-electron chi connectivity index (χ0n) is 12.4. The van der Waals surface area contributed by atoms with Gasteiger partial charge in [0.1, 0.15) is 5.75 Å². The van der Waals surface area contributed by atoms with Crippen LogP contribution in [-0.2, 0) is 4.79 Å². The van der Waals surface area contributed by atoms with Gasteiger partial charge >= 0.3 is 0 Å². The summed E-state index contributed by atoms with van der Waals surface area (Å²) in [6.45, 7) is 4.13. The molecular formula is C17H17BrClNO2. The molecule has 0 unspecified atom stereocenters. The Balaban J connectivity index is 1.97. The quantitative estimate of drug-likeness (QED) is 0.767. The summed E-state index contributed by atoms with van der Waals surface area (Å²) in [5.74, 6) is 0.850. The number of benzene rings is 2. The van der Waals surface area contributed by atoms with Crippen LogP contribution in [0.15, 0.2) is 46.9 Å². The maximum absolute atomic E-state index is 12.0. The lowest BCUT2D eigenvalue weighted by molar-refractivity contribution is -0.118. The van der Waals surface area contributed by atoms with E-state index < -0.39 is 0 Å². The van der Waals surface area contributed by atoms with Gasteiger partial charge in [-0.2, -0.15) is 0 Å². The predicted octanol–water partition coefficient (Wildman–Crippen LogP) is 5.24. The van der Waals surface area contributed by atoms with Gasteiger partial charge in [-0.25, -0.2) is 0 Å². The number of carbonyl (C=O) groups excluding carboxylic acids is 1. The smallest absolute Gasteiger partial charge is 0.262 e. The lowest BCUT2D eigenvalue weighted by Gasteiger charge is -2.13. The largest absolute Gasteiger partial charge is 0.483 e. The molecule has 5 heteroatoms. The molecule has 0 bridgehead atoms. The number of hydrogen-bond donors (Lipinski definition) is 1. The molecule has 0 heterocycles. The van der Waals surface area contributed by atoms with Gasteiger partial charge in [0.2, 0.25) is 0 Å². The third kappa shape index (κ3) is 4.49. The van der Waals surface area contributed by atoms with Gasteiger partial charge in [-0.1, -0.05) is 43.6 Å². The first kappa shape index (κ1) is 16.8. The normalized spacial score (nSPS) is 10.6. The third-order valence-corrected chi connectivity index (χ3v) is 4.34. The van der Waals surface area contributed by atoms with Gasteiger partial charge in [0.15, 0.2) is 6.61 Å². The molecule has 0 aliphatic heterocycles. The Kier molecular flexibility index (Phi) is 5.86. The van der Waals surface area contributed by atoms with Crippen LogP contribution in [0.4, 0.5) is 5.69 Å². The van der Waals surface area contributed by atoms with Crippen molar-refractivity contribution in [3.63, 3.8) is 0 Å². The molecular weight excluding hydrogens is 366 g/mol. The van der Waals surface area contributed by atoms with Crippen LogP contribution in [0.3, 0.4) is 0 Å². The van der Waals surface area contributed by atoms with E-state index in [1.54, 1.807) is 18.2 Å². The Morgan fingerprint density at radius 3 is 2.68 bits per heavy atom. The second-order valence-corrected chi connectivity index (χ2v) is 6.42. The number of hydrogen-bond acceptors (Lipinski definition) is 2. The maximum atomic E-state index is 12.0. The van der Waals surface area contributed by atoms with E-state index in [1.807, 2.05) is 24.3 Å². The number of anilines is 1. The van der Waals surface area contributed by atoms with E-state index in [0.29, 0.717) is 16.6 Å². The van der Waals surface area contributed by atoms with Gasteiger partial charge in [0, 0.05) is 10.2 Å². The lowest BCUT2D eigenvalue weighted by atomic mass is 10.0. The van der Waals surface area contributed by atoms with Gasteiger partial charge in [-0.05, 0) is 51.7 Å². The molecule has 2 aromatic carbocycles. The zero-order valence-corrected chi connectivity index (χ0v) is 14.7. The van der Waals surface area contributed by atoms with Gasteiger partial charge in [0.05, 0.1) is 5.02 Å². The van der Waals surface area contributed by atoms with Crippen LogP contribution in [0.1, 0.15) is 25.3 Å². The van der Waals surface area contributed by atoms with Crippen molar-refractivity contribution < 1.29 is 9.53 Å². The van der Waals surface area contributed by atoms with E-state index in [9.17, 15) is 4.79 Å². The molecule has 22 heavy (non-hydrogen) atoms. The molecule has 0 radical (unpaired) electrons. The van der Waals surface area contributed by atoms with Crippen molar-refractivity contribution in [3.8, 4) is 5.75 Å². The molecule has 0 fully saturated rings. The molecule has 2 rings (SSSR count). The zero-order chi connectivity index (χ0) is 16.1. The molecule has 2 aromatic rings. The first-order valence-corrected chi connectivity index (χ1v) is 8.11. The van der Waals surface area contributed by atoms with E-state index in [1.165, 1.54) is 0 Å². The highest BCUT2D eigenvalue weighted by molar-refractivity contribution is 9.10. The van der Waals surface area contributed by atoms with E-state index >= 15 is 0 Å². The second kappa shape index (κ2) is 7.65.